The molecule has 0 bridgehead atoms. The van der Waals surface area contributed by atoms with E-state index >= 15 is 0 Å². The first-order chi connectivity index (χ1) is 14.5. The molecule has 9 nitrogen and oxygen atoms in total. The number of pyridine rings is 1. The van der Waals surface area contributed by atoms with Crippen molar-refractivity contribution >= 4 is 23.2 Å². The summed E-state index contributed by atoms with van der Waals surface area (Å²) in [5.74, 6) is 1.98. The van der Waals surface area contributed by atoms with Crippen molar-refractivity contribution in [1.82, 2.24) is 29.9 Å². The van der Waals surface area contributed by atoms with E-state index in [0.717, 1.165) is 56.1 Å². The van der Waals surface area contributed by atoms with Gasteiger partial charge in [0.15, 0.2) is 11.5 Å². The number of rotatable bonds is 7. The van der Waals surface area contributed by atoms with Gasteiger partial charge in [-0.3, -0.25) is 0 Å². The highest BCUT2D eigenvalue weighted by atomic mass is 15.3. The summed E-state index contributed by atoms with van der Waals surface area (Å²) in [7, 11) is 0. The zero-order chi connectivity index (χ0) is 21.1. The standard InChI is InChI=1S/C21H31N9/c1-4-5-15(3)26-21-27-18(22)20-25-13-17(30(20)28-21)11-16-10-14(2)19(24-12-16)29-8-6-23-7-9-29/h10,12-13,15,23H,4-9,11H2,1-3H3,(H3,22,26,27,28)/t15-/m1/s1. The molecule has 1 atom stereocenters. The Labute approximate surface area is 177 Å². The minimum atomic E-state index is 0.281. The lowest BCUT2D eigenvalue weighted by Gasteiger charge is -2.29. The zero-order valence-electron chi connectivity index (χ0n) is 18.0. The lowest BCUT2D eigenvalue weighted by molar-refractivity contribution is 0.584. The molecule has 30 heavy (non-hydrogen) atoms. The molecule has 0 aliphatic carbocycles. The summed E-state index contributed by atoms with van der Waals surface area (Å²) in [6.07, 6.45) is 6.59. The average molecular weight is 410 g/mol. The van der Waals surface area contributed by atoms with E-state index in [-0.39, 0.29) is 6.04 Å². The van der Waals surface area contributed by atoms with Crippen molar-refractivity contribution < 1.29 is 0 Å². The first-order valence-corrected chi connectivity index (χ1v) is 10.7. The summed E-state index contributed by atoms with van der Waals surface area (Å²) in [5.41, 5.74) is 10.00. The second-order valence-corrected chi connectivity index (χ2v) is 8.04. The van der Waals surface area contributed by atoms with Gasteiger partial charge in [0.1, 0.15) is 5.82 Å². The first kappa shape index (κ1) is 20.3. The van der Waals surface area contributed by atoms with E-state index in [4.69, 9.17) is 10.7 Å². The van der Waals surface area contributed by atoms with E-state index in [9.17, 15) is 0 Å². The highest BCUT2D eigenvalue weighted by Crippen LogP contribution is 2.21. The van der Waals surface area contributed by atoms with Crippen LogP contribution in [0.15, 0.2) is 18.5 Å². The van der Waals surface area contributed by atoms with Crippen LogP contribution >= 0.6 is 0 Å². The molecule has 9 heteroatoms. The molecule has 4 heterocycles. The van der Waals surface area contributed by atoms with Gasteiger partial charge in [0.2, 0.25) is 5.95 Å². The van der Waals surface area contributed by atoms with Gasteiger partial charge < -0.3 is 21.3 Å². The van der Waals surface area contributed by atoms with Crippen LogP contribution in [0.25, 0.3) is 5.65 Å². The molecule has 1 saturated heterocycles. The molecule has 0 radical (unpaired) electrons. The lowest BCUT2D eigenvalue weighted by Crippen LogP contribution is -2.44. The second kappa shape index (κ2) is 8.83. The molecule has 0 amide bonds. The van der Waals surface area contributed by atoms with E-state index in [2.05, 4.69) is 57.4 Å². The predicted octanol–water partition coefficient (Wildman–Crippen LogP) is 2.01. The number of hydrogen-bond acceptors (Lipinski definition) is 8. The highest BCUT2D eigenvalue weighted by molar-refractivity contribution is 5.61. The number of nitrogens with zero attached hydrogens (tertiary/aromatic N) is 6. The van der Waals surface area contributed by atoms with Crippen LogP contribution in [-0.4, -0.2) is 56.8 Å². The number of nitrogens with one attached hydrogen (secondary N) is 2. The van der Waals surface area contributed by atoms with Crippen molar-refractivity contribution in [2.45, 2.75) is 46.1 Å². The Morgan fingerprint density at radius 3 is 2.77 bits per heavy atom. The van der Waals surface area contributed by atoms with Crippen LogP contribution < -0.4 is 21.3 Å². The maximum Gasteiger partial charge on any atom is 0.243 e. The van der Waals surface area contributed by atoms with Crippen LogP contribution in [0.4, 0.5) is 17.6 Å². The smallest absolute Gasteiger partial charge is 0.243 e. The predicted molar refractivity (Wildman–Crippen MR) is 120 cm³/mol. The molecule has 0 saturated carbocycles. The fraction of sp³-hybridized carbons (Fsp3) is 0.524. The highest BCUT2D eigenvalue weighted by Gasteiger charge is 2.16. The van der Waals surface area contributed by atoms with Crippen molar-refractivity contribution in [3.63, 3.8) is 0 Å². The van der Waals surface area contributed by atoms with Gasteiger partial charge in [-0.1, -0.05) is 19.4 Å². The molecule has 0 aromatic carbocycles. The van der Waals surface area contributed by atoms with E-state index in [1.54, 1.807) is 4.52 Å². The normalized spacial score (nSPS) is 15.5. The number of hydrogen-bond donors (Lipinski definition) is 3. The molecule has 1 aliphatic rings. The number of piperazine rings is 1. The molecule has 1 aliphatic heterocycles. The summed E-state index contributed by atoms with van der Waals surface area (Å²) >= 11 is 0. The fourth-order valence-electron chi connectivity index (χ4n) is 3.99. The van der Waals surface area contributed by atoms with Crippen LogP contribution in [0.3, 0.4) is 0 Å². The quantitative estimate of drug-likeness (QED) is 0.544. The summed E-state index contributed by atoms with van der Waals surface area (Å²) in [6.45, 7) is 10.4. The third-order valence-corrected chi connectivity index (χ3v) is 5.46. The Morgan fingerprint density at radius 1 is 1.23 bits per heavy atom. The van der Waals surface area contributed by atoms with E-state index in [1.807, 2.05) is 12.4 Å². The maximum atomic E-state index is 6.14. The summed E-state index contributed by atoms with van der Waals surface area (Å²) < 4.78 is 1.79. The van der Waals surface area contributed by atoms with Gasteiger partial charge in [-0.15, -0.1) is 5.10 Å². The molecule has 3 aromatic rings. The number of aryl methyl sites for hydroxylation is 1. The largest absolute Gasteiger partial charge is 0.380 e. The molecule has 4 N–H and O–H groups in total. The Balaban J connectivity index is 1.57. The molecule has 0 unspecified atom stereocenters. The van der Waals surface area contributed by atoms with Gasteiger partial charge in [-0.05, 0) is 31.4 Å². The van der Waals surface area contributed by atoms with Crippen LogP contribution in [0.2, 0.25) is 0 Å². The Kier molecular flexibility index (Phi) is 5.98. The second-order valence-electron chi connectivity index (χ2n) is 8.04. The van der Waals surface area contributed by atoms with Crippen molar-refractivity contribution in [3.05, 3.63) is 35.3 Å². The molecular formula is C21H31N9. The van der Waals surface area contributed by atoms with Crippen molar-refractivity contribution in [2.75, 3.05) is 42.1 Å². The third kappa shape index (κ3) is 4.30. The molecule has 1 fully saturated rings. The van der Waals surface area contributed by atoms with Crippen LogP contribution in [0.5, 0.6) is 0 Å². The zero-order valence-corrected chi connectivity index (χ0v) is 18.0. The Morgan fingerprint density at radius 2 is 2.03 bits per heavy atom. The average Bonchev–Trinajstić information content (AvgIpc) is 3.12. The van der Waals surface area contributed by atoms with Crippen LogP contribution in [0.1, 0.15) is 43.5 Å². The summed E-state index contributed by atoms with van der Waals surface area (Å²) in [4.78, 5) is 15.9. The van der Waals surface area contributed by atoms with Gasteiger partial charge in [-0.25, -0.2) is 14.5 Å². The maximum absolute atomic E-state index is 6.14. The molecule has 4 rings (SSSR count). The number of fused-ring (bicyclic) bond motifs is 1. The molecular weight excluding hydrogens is 378 g/mol. The lowest BCUT2D eigenvalue weighted by atomic mass is 10.1. The Bertz CT molecular complexity index is 1010. The molecule has 160 valence electrons. The van der Waals surface area contributed by atoms with Gasteiger partial charge in [-0.2, -0.15) is 4.98 Å². The minimum absolute atomic E-state index is 0.281. The minimum Gasteiger partial charge on any atom is -0.380 e. The Hall–Kier alpha value is -2.94. The number of nitrogens with two attached hydrogens (primary N) is 1. The van der Waals surface area contributed by atoms with E-state index in [0.29, 0.717) is 23.8 Å². The van der Waals surface area contributed by atoms with Gasteiger partial charge in [0.05, 0.1) is 11.9 Å². The van der Waals surface area contributed by atoms with Crippen molar-refractivity contribution in [1.29, 1.82) is 0 Å². The van der Waals surface area contributed by atoms with Crippen LogP contribution in [-0.2, 0) is 6.42 Å². The fourth-order valence-corrected chi connectivity index (χ4v) is 3.99. The molecule has 0 spiro atoms. The number of imidazole rings is 1. The van der Waals surface area contributed by atoms with Gasteiger partial charge in [0.25, 0.3) is 0 Å². The SMILES string of the molecule is CCC[C@@H](C)Nc1nc(N)c2ncc(Cc3cnc(N4CCNCC4)c(C)c3)n2n1. The number of aromatic nitrogens is 5. The van der Waals surface area contributed by atoms with Crippen LogP contribution in [0, 0.1) is 6.92 Å². The number of nitrogen functional groups attached to an aromatic ring is 1. The van der Waals surface area contributed by atoms with Crippen molar-refractivity contribution in [2.24, 2.45) is 0 Å². The molecule has 3 aromatic heterocycles. The van der Waals surface area contributed by atoms with Gasteiger partial charge >= 0.3 is 0 Å². The summed E-state index contributed by atoms with van der Waals surface area (Å²) in [5, 5.41) is 11.4. The monoisotopic (exact) mass is 409 g/mol. The topological polar surface area (TPSA) is 109 Å². The van der Waals surface area contributed by atoms with Crippen molar-refractivity contribution in [3.8, 4) is 0 Å². The van der Waals surface area contributed by atoms with E-state index < -0.39 is 0 Å². The third-order valence-electron chi connectivity index (χ3n) is 5.46. The van der Waals surface area contributed by atoms with Gasteiger partial charge in [0, 0.05) is 44.8 Å². The summed E-state index contributed by atoms with van der Waals surface area (Å²) in [6, 6.07) is 2.49. The first-order valence-electron chi connectivity index (χ1n) is 10.7. The van der Waals surface area contributed by atoms with E-state index in [1.165, 1.54) is 5.56 Å². The number of anilines is 3.